The van der Waals surface area contributed by atoms with Crippen molar-refractivity contribution in [3.63, 3.8) is 0 Å². The summed E-state index contributed by atoms with van der Waals surface area (Å²) in [6.45, 7) is 2.50. The topological polar surface area (TPSA) is 54.5 Å². The summed E-state index contributed by atoms with van der Waals surface area (Å²) in [6.07, 6.45) is 4.38. The van der Waals surface area contributed by atoms with E-state index in [2.05, 4.69) is 12.1 Å². The molecule has 4 nitrogen and oxygen atoms in total. The van der Waals surface area contributed by atoms with Crippen LogP contribution in [0.4, 0.5) is 0 Å². The van der Waals surface area contributed by atoms with Crippen LogP contribution in [-0.2, 0) is 21.1 Å². The molecular weight excluding hydrogens is 298 g/mol. The van der Waals surface area contributed by atoms with E-state index in [1.807, 2.05) is 25.1 Å². The van der Waals surface area contributed by atoms with Crippen molar-refractivity contribution in [2.75, 3.05) is 18.1 Å². The largest absolute Gasteiger partial charge is 0.339 e. The molecule has 1 aliphatic rings. The lowest BCUT2D eigenvalue weighted by Crippen LogP contribution is -2.47. The summed E-state index contributed by atoms with van der Waals surface area (Å²) >= 11 is 0. The van der Waals surface area contributed by atoms with E-state index >= 15 is 0 Å². The van der Waals surface area contributed by atoms with Crippen LogP contribution in [0.1, 0.15) is 38.2 Å². The monoisotopic (exact) mass is 323 g/mol. The van der Waals surface area contributed by atoms with Crippen LogP contribution < -0.4 is 0 Å². The molecule has 0 saturated carbocycles. The van der Waals surface area contributed by atoms with Crippen LogP contribution in [0.2, 0.25) is 0 Å². The number of sulfone groups is 1. The highest BCUT2D eigenvalue weighted by atomic mass is 32.2. The first-order valence-electron chi connectivity index (χ1n) is 8.05. The van der Waals surface area contributed by atoms with Crippen LogP contribution in [-0.4, -0.2) is 43.3 Å². The van der Waals surface area contributed by atoms with Crippen LogP contribution in [0.25, 0.3) is 0 Å². The second-order valence-corrected chi connectivity index (χ2v) is 8.20. The lowest BCUT2D eigenvalue weighted by molar-refractivity contribution is -0.132. The Morgan fingerprint density at radius 3 is 2.64 bits per heavy atom. The van der Waals surface area contributed by atoms with Gasteiger partial charge < -0.3 is 4.90 Å². The fourth-order valence-electron chi connectivity index (χ4n) is 3.08. The van der Waals surface area contributed by atoms with Gasteiger partial charge in [0.15, 0.2) is 9.84 Å². The predicted octanol–water partition coefficient (Wildman–Crippen LogP) is 2.43. The molecule has 0 unspecified atom stereocenters. The fourth-order valence-corrected chi connectivity index (χ4v) is 4.39. The Hall–Kier alpha value is -1.36. The van der Waals surface area contributed by atoms with Crippen LogP contribution >= 0.6 is 0 Å². The van der Waals surface area contributed by atoms with E-state index in [9.17, 15) is 13.2 Å². The van der Waals surface area contributed by atoms with E-state index in [4.69, 9.17) is 0 Å². The minimum absolute atomic E-state index is 0.0932. The van der Waals surface area contributed by atoms with Crippen molar-refractivity contribution in [1.82, 2.24) is 4.90 Å². The second kappa shape index (κ2) is 7.77. The number of rotatable bonds is 6. The Morgan fingerprint density at radius 2 is 1.95 bits per heavy atom. The number of amides is 1. The minimum atomic E-state index is -3.27. The molecule has 0 N–H and O–H groups in total. The standard InChI is InChI=1S/C17H25NO3S/c1-2-12-22(20,21)14-17(19)18-11-7-6-10-16(18)13-15-8-4-3-5-9-15/h3-5,8-9,16H,2,6-7,10-14H2,1H3/t16-/m0/s1. The van der Waals surface area contributed by atoms with E-state index in [1.165, 1.54) is 5.56 Å². The molecule has 1 amide bonds. The molecule has 1 aromatic rings. The summed E-state index contributed by atoms with van der Waals surface area (Å²) in [4.78, 5) is 14.2. The molecule has 1 atom stereocenters. The third-order valence-corrected chi connectivity index (χ3v) is 5.84. The van der Waals surface area contributed by atoms with E-state index < -0.39 is 9.84 Å². The van der Waals surface area contributed by atoms with Crippen molar-refractivity contribution < 1.29 is 13.2 Å². The molecular formula is C17H25NO3S. The van der Waals surface area contributed by atoms with Crippen LogP contribution in [0, 0.1) is 0 Å². The zero-order valence-corrected chi connectivity index (χ0v) is 14.0. The van der Waals surface area contributed by atoms with Gasteiger partial charge in [-0.2, -0.15) is 0 Å². The van der Waals surface area contributed by atoms with Gasteiger partial charge in [-0.3, -0.25) is 4.79 Å². The normalized spacial score (nSPS) is 19.1. The van der Waals surface area contributed by atoms with Gasteiger partial charge in [-0.25, -0.2) is 8.42 Å². The Morgan fingerprint density at radius 1 is 1.23 bits per heavy atom. The highest BCUT2D eigenvalue weighted by molar-refractivity contribution is 7.92. The van der Waals surface area contributed by atoms with Crippen molar-refractivity contribution in [2.24, 2.45) is 0 Å². The lowest BCUT2D eigenvalue weighted by atomic mass is 9.95. The number of piperidine rings is 1. The van der Waals surface area contributed by atoms with Gasteiger partial charge in [-0.05, 0) is 37.7 Å². The number of benzene rings is 1. The van der Waals surface area contributed by atoms with Gasteiger partial charge in [-0.15, -0.1) is 0 Å². The van der Waals surface area contributed by atoms with Gasteiger partial charge in [0.1, 0.15) is 5.75 Å². The molecule has 1 fully saturated rings. The minimum Gasteiger partial charge on any atom is -0.339 e. The summed E-state index contributed by atoms with van der Waals surface area (Å²) < 4.78 is 23.8. The average Bonchev–Trinajstić information content (AvgIpc) is 2.48. The van der Waals surface area contributed by atoms with Crippen LogP contribution in [0.15, 0.2) is 30.3 Å². The number of carbonyl (C=O) groups excluding carboxylic acids is 1. The zero-order valence-electron chi connectivity index (χ0n) is 13.2. The molecule has 22 heavy (non-hydrogen) atoms. The van der Waals surface area contributed by atoms with Crippen molar-refractivity contribution in [3.8, 4) is 0 Å². The highest BCUT2D eigenvalue weighted by Crippen LogP contribution is 2.21. The quantitative estimate of drug-likeness (QED) is 0.808. The van der Waals surface area contributed by atoms with Gasteiger partial charge in [0.2, 0.25) is 5.91 Å². The van der Waals surface area contributed by atoms with E-state index in [0.29, 0.717) is 13.0 Å². The lowest BCUT2D eigenvalue weighted by Gasteiger charge is -2.36. The molecule has 1 aromatic carbocycles. The van der Waals surface area contributed by atoms with E-state index in [-0.39, 0.29) is 23.5 Å². The molecule has 0 radical (unpaired) electrons. The van der Waals surface area contributed by atoms with Crippen molar-refractivity contribution >= 4 is 15.7 Å². The van der Waals surface area contributed by atoms with Gasteiger partial charge >= 0.3 is 0 Å². The molecule has 0 spiro atoms. The zero-order chi connectivity index (χ0) is 16.0. The second-order valence-electron chi connectivity index (χ2n) is 6.02. The first-order chi connectivity index (χ1) is 10.5. The molecule has 0 aromatic heterocycles. The SMILES string of the molecule is CCCS(=O)(=O)CC(=O)N1CCCC[C@H]1Cc1ccccc1. The summed E-state index contributed by atoms with van der Waals surface area (Å²) in [5.74, 6) is -0.476. The van der Waals surface area contributed by atoms with Gasteiger partial charge in [0.25, 0.3) is 0 Å². The van der Waals surface area contributed by atoms with Crippen LogP contribution in [0.5, 0.6) is 0 Å². The molecule has 122 valence electrons. The smallest absolute Gasteiger partial charge is 0.238 e. The molecule has 5 heteroatoms. The first-order valence-corrected chi connectivity index (χ1v) is 9.88. The van der Waals surface area contributed by atoms with Gasteiger partial charge in [0.05, 0.1) is 5.75 Å². The predicted molar refractivity (Wildman–Crippen MR) is 88.4 cm³/mol. The van der Waals surface area contributed by atoms with Gasteiger partial charge in [-0.1, -0.05) is 37.3 Å². The fraction of sp³-hybridized carbons (Fsp3) is 0.588. The van der Waals surface area contributed by atoms with Gasteiger partial charge in [0, 0.05) is 12.6 Å². The maximum absolute atomic E-state index is 12.4. The number of nitrogens with zero attached hydrogens (tertiary/aromatic N) is 1. The Bertz CT molecular complexity index is 583. The summed E-state index contributed by atoms with van der Waals surface area (Å²) in [5, 5.41) is 0. The van der Waals surface area contributed by atoms with Crippen molar-refractivity contribution in [3.05, 3.63) is 35.9 Å². The van der Waals surface area contributed by atoms with Crippen molar-refractivity contribution in [1.29, 1.82) is 0 Å². The molecule has 2 rings (SSSR count). The average molecular weight is 323 g/mol. The Kier molecular flexibility index (Phi) is 6.00. The van der Waals surface area contributed by atoms with E-state index in [1.54, 1.807) is 4.90 Å². The number of carbonyl (C=O) groups is 1. The maximum atomic E-state index is 12.4. The molecule has 1 aliphatic heterocycles. The highest BCUT2D eigenvalue weighted by Gasteiger charge is 2.29. The first kappa shape index (κ1) is 17.0. The number of hydrogen-bond donors (Lipinski definition) is 0. The summed E-state index contributed by atoms with van der Waals surface area (Å²) in [6, 6.07) is 10.2. The molecule has 1 heterocycles. The van der Waals surface area contributed by atoms with E-state index in [0.717, 1.165) is 25.7 Å². The summed E-state index contributed by atoms with van der Waals surface area (Å²) in [5.41, 5.74) is 1.20. The Labute approximate surface area is 133 Å². The third-order valence-electron chi connectivity index (χ3n) is 4.12. The summed E-state index contributed by atoms with van der Waals surface area (Å²) in [7, 11) is -3.27. The molecule has 1 saturated heterocycles. The number of likely N-dealkylation sites (tertiary alicyclic amines) is 1. The van der Waals surface area contributed by atoms with Crippen molar-refractivity contribution in [2.45, 2.75) is 45.1 Å². The van der Waals surface area contributed by atoms with Crippen LogP contribution in [0.3, 0.4) is 0 Å². The number of hydrogen-bond acceptors (Lipinski definition) is 3. The molecule has 0 bridgehead atoms. The maximum Gasteiger partial charge on any atom is 0.238 e. The Balaban J connectivity index is 2.04. The third kappa shape index (κ3) is 4.83. The molecule has 0 aliphatic carbocycles.